The lowest BCUT2D eigenvalue weighted by atomic mass is 10.1. The summed E-state index contributed by atoms with van der Waals surface area (Å²) >= 11 is 0. The van der Waals surface area contributed by atoms with Crippen molar-refractivity contribution in [3.8, 4) is 0 Å². The SMILES string of the molecule is C[C@@H]1CN(CC(=O)N(C)C)C[C@@H]1NC(=O)c1cc(C2CC2)on1. The van der Waals surface area contributed by atoms with Crippen molar-refractivity contribution in [2.45, 2.75) is 31.7 Å². The van der Waals surface area contributed by atoms with Crippen LogP contribution in [0.1, 0.15) is 41.9 Å². The summed E-state index contributed by atoms with van der Waals surface area (Å²) in [4.78, 5) is 27.8. The van der Waals surface area contributed by atoms with Crippen molar-refractivity contribution in [3.05, 3.63) is 17.5 Å². The smallest absolute Gasteiger partial charge is 0.273 e. The molecule has 0 spiro atoms. The number of hydrogen-bond acceptors (Lipinski definition) is 5. The van der Waals surface area contributed by atoms with Crippen LogP contribution in [0.5, 0.6) is 0 Å². The molecule has 7 heteroatoms. The second-order valence-corrected chi connectivity index (χ2v) is 6.93. The molecule has 7 nitrogen and oxygen atoms in total. The predicted octanol–water partition coefficient (Wildman–Crippen LogP) is 0.690. The largest absolute Gasteiger partial charge is 0.360 e. The molecule has 2 amide bonds. The van der Waals surface area contributed by atoms with E-state index in [0.29, 0.717) is 30.6 Å². The number of nitrogens with one attached hydrogen (secondary N) is 1. The van der Waals surface area contributed by atoms with Crippen LogP contribution >= 0.6 is 0 Å². The van der Waals surface area contributed by atoms with E-state index in [1.165, 1.54) is 0 Å². The lowest BCUT2D eigenvalue weighted by Crippen LogP contribution is -2.41. The molecule has 126 valence electrons. The number of carbonyl (C=O) groups is 2. The topological polar surface area (TPSA) is 78.7 Å². The zero-order chi connectivity index (χ0) is 16.6. The minimum absolute atomic E-state index is 0.0264. The van der Waals surface area contributed by atoms with Crippen molar-refractivity contribution < 1.29 is 14.1 Å². The van der Waals surface area contributed by atoms with Crippen LogP contribution in [0, 0.1) is 5.92 Å². The lowest BCUT2D eigenvalue weighted by Gasteiger charge is -2.18. The molecule has 1 N–H and O–H groups in total. The van der Waals surface area contributed by atoms with Gasteiger partial charge < -0.3 is 14.7 Å². The molecular formula is C16H24N4O3. The Morgan fingerprint density at radius 2 is 2.13 bits per heavy atom. The van der Waals surface area contributed by atoms with E-state index in [9.17, 15) is 9.59 Å². The highest BCUT2D eigenvalue weighted by Crippen LogP contribution is 2.40. The molecular weight excluding hydrogens is 296 g/mol. The molecule has 0 bridgehead atoms. The molecule has 1 aromatic rings. The quantitative estimate of drug-likeness (QED) is 0.863. The van der Waals surface area contributed by atoms with E-state index in [1.807, 2.05) is 0 Å². The number of rotatable bonds is 5. The summed E-state index contributed by atoms with van der Waals surface area (Å²) in [5, 5.41) is 6.90. The highest BCUT2D eigenvalue weighted by molar-refractivity contribution is 5.92. The van der Waals surface area contributed by atoms with Crippen molar-refractivity contribution in [1.82, 2.24) is 20.3 Å². The van der Waals surface area contributed by atoms with E-state index in [4.69, 9.17) is 4.52 Å². The average molecular weight is 320 g/mol. The average Bonchev–Trinajstić information content (AvgIpc) is 3.12. The van der Waals surface area contributed by atoms with Crippen LogP contribution in [0.4, 0.5) is 0 Å². The summed E-state index contributed by atoms with van der Waals surface area (Å²) in [6.45, 7) is 3.96. The summed E-state index contributed by atoms with van der Waals surface area (Å²) in [6.07, 6.45) is 2.23. The van der Waals surface area contributed by atoms with Crippen LogP contribution in [0.15, 0.2) is 10.6 Å². The number of aromatic nitrogens is 1. The monoisotopic (exact) mass is 320 g/mol. The van der Waals surface area contributed by atoms with Gasteiger partial charge in [-0.15, -0.1) is 0 Å². The molecule has 0 aromatic carbocycles. The van der Waals surface area contributed by atoms with Crippen molar-refractivity contribution in [2.24, 2.45) is 5.92 Å². The van der Waals surface area contributed by atoms with Gasteiger partial charge in [-0.1, -0.05) is 12.1 Å². The molecule has 2 aliphatic rings. The van der Waals surface area contributed by atoms with E-state index in [-0.39, 0.29) is 17.9 Å². The standard InChI is InChI=1S/C16H24N4O3/c1-10-7-20(9-15(21)19(2)3)8-13(10)17-16(22)12-6-14(23-18-12)11-4-5-11/h6,10-11,13H,4-5,7-9H2,1-3H3,(H,17,22)/t10-,13+/m1/s1. The van der Waals surface area contributed by atoms with Crippen molar-refractivity contribution in [2.75, 3.05) is 33.7 Å². The Bertz CT molecular complexity index is 594. The second-order valence-electron chi connectivity index (χ2n) is 6.93. The Hall–Kier alpha value is -1.89. The zero-order valence-corrected chi connectivity index (χ0v) is 13.9. The molecule has 1 saturated carbocycles. The van der Waals surface area contributed by atoms with Crippen LogP contribution in [0.2, 0.25) is 0 Å². The lowest BCUT2D eigenvalue weighted by molar-refractivity contribution is -0.129. The molecule has 2 fully saturated rings. The minimum atomic E-state index is -0.196. The number of likely N-dealkylation sites (tertiary alicyclic amines) is 1. The number of likely N-dealkylation sites (N-methyl/N-ethyl adjacent to an activating group) is 1. The first kappa shape index (κ1) is 16.0. The van der Waals surface area contributed by atoms with Gasteiger partial charge in [0, 0.05) is 45.2 Å². The highest BCUT2D eigenvalue weighted by Gasteiger charge is 2.33. The molecule has 0 radical (unpaired) electrons. The molecule has 1 saturated heterocycles. The first-order chi connectivity index (χ1) is 10.9. The summed E-state index contributed by atoms with van der Waals surface area (Å²) in [6, 6.07) is 1.78. The molecule has 1 aliphatic heterocycles. The molecule has 1 aromatic heterocycles. The third-order valence-electron chi connectivity index (χ3n) is 4.60. The van der Waals surface area contributed by atoms with Gasteiger partial charge in [-0.3, -0.25) is 14.5 Å². The van der Waals surface area contributed by atoms with E-state index >= 15 is 0 Å². The fourth-order valence-electron chi connectivity index (χ4n) is 2.92. The van der Waals surface area contributed by atoms with Gasteiger partial charge >= 0.3 is 0 Å². The Morgan fingerprint density at radius 3 is 2.78 bits per heavy atom. The molecule has 23 heavy (non-hydrogen) atoms. The number of amides is 2. The fourth-order valence-corrected chi connectivity index (χ4v) is 2.92. The third-order valence-corrected chi connectivity index (χ3v) is 4.60. The van der Waals surface area contributed by atoms with Gasteiger partial charge in [-0.25, -0.2) is 0 Å². The Morgan fingerprint density at radius 1 is 1.39 bits per heavy atom. The van der Waals surface area contributed by atoms with Gasteiger partial charge in [0.15, 0.2) is 5.69 Å². The van der Waals surface area contributed by atoms with Crippen LogP contribution < -0.4 is 5.32 Å². The van der Waals surface area contributed by atoms with Crippen molar-refractivity contribution >= 4 is 11.8 Å². The van der Waals surface area contributed by atoms with Gasteiger partial charge in [0.25, 0.3) is 5.91 Å². The van der Waals surface area contributed by atoms with Gasteiger partial charge in [0.1, 0.15) is 5.76 Å². The maximum Gasteiger partial charge on any atom is 0.273 e. The van der Waals surface area contributed by atoms with Crippen LogP contribution in [0.25, 0.3) is 0 Å². The molecule has 2 heterocycles. The molecule has 1 aliphatic carbocycles. The third kappa shape index (κ3) is 3.72. The predicted molar refractivity (Wildman–Crippen MR) is 84.0 cm³/mol. The van der Waals surface area contributed by atoms with Gasteiger partial charge in [0.2, 0.25) is 5.91 Å². The van der Waals surface area contributed by atoms with Gasteiger partial charge in [-0.2, -0.15) is 0 Å². The van der Waals surface area contributed by atoms with E-state index in [1.54, 1.807) is 25.1 Å². The molecule has 2 atom stereocenters. The number of hydrogen-bond donors (Lipinski definition) is 1. The van der Waals surface area contributed by atoms with Crippen molar-refractivity contribution in [1.29, 1.82) is 0 Å². The van der Waals surface area contributed by atoms with Crippen molar-refractivity contribution in [3.63, 3.8) is 0 Å². The van der Waals surface area contributed by atoms with Gasteiger partial charge in [0.05, 0.1) is 6.54 Å². The number of carbonyl (C=O) groups excluding carboxylic acids is 2. The normalized spacial score (nSPS) is 24.7. The summed E-state index contributed by atoms with van der Waals surface area (Å²) < 4.78 is 5.23. The second kappa shape index (κ2) is 6.31. The minimum Gasteiger partial charge on any atom is -0.360 e. The Balaban J connectivity index is 1.54. The summed E-state index contributed by atoms with van der Waals surface area (Å²) in [5.74, 6) is 1.44. The summed E-state index contributed by atoms with van der Waals surface area (Å²) in [7, 11) is 3.51. The van der Waals surface area contributed by atoms with E-state index in [0.717, 1.165) is 25.1 Å². The highest BCUT2D eigenvalue weighted by atomic mass is 16.5. The van der Waals surface area contributed by atoms with Crippen LogP contribution in [-0.4, -0.2) is 66.5 Å². The Labute approximate surface area is 136 Å². The maximum atomic E-state index is 12.3. The number of nitrogens with zero attached hydrogens (tertiary/aromatic N) is 3. The van der Waals surface area contributed by atoms with E-state index < -0.39 is 0 Å². The fraction of sp³-hybridized carbons (Fsp3) is 0.688. The van der Waals surface area contributed by atoms with E-state index in [2.05, 4.69) is 22.3 Å². The molecule has 3 rings (SSSR count). The first-order valence-corrected chi connectivity index (χ1v) is 8.14. The van der Waals surface area contributed by atoms with Gasteiger partial charge in [-0.05, 0) is 18.8 Å². The van der Waals surface area contributed by atoms with Crippen LogP contribution in [0.3, 0.4) is 0 Å². The molecule has 0 unspecified atom stereocenters. The van der Waals surface area contributed by atoms with Crippen LogP contribution in [-0.2, 0) is 4.79 Å². The first-order valence-electron chi connectivity index (χ1n) is 8.14. The zero-order valence-electron chi connectivity index (χ0n) is 13.9. The Kier molecular flexibility index (Phi) is 4.39. The summed E-state index contributed by atoms with van der Waals surface area (Å²) in [5.41, 5.74) is 0.349. The maximum absolute atomic E-state index is 12.3.